The van der Waals surface area contributed by atoms with Crippen LogP contribution in [0.4, 0.5) is 0 Å². The normalized spacial score (nSPS) is 11.0. The SMILES string of the molecule is Cn1c(SCc2ncc(-c3cccc(Cl)c3)o2)nnc1-c1cccnc1. The van der Waals surface area contributed by atoms with Gasteiger partial charge < -0.3 is 8.98 Å². The lowest BCUT2D eigenvalue weighted by atomic mass is 10.2. The van der Waals surface area contributed by atoms with Crippen LogP contribution in [0, 0.1) is 0 Å². The molecule has 0 spiro atoms. The highest BCUT2D eigenvalue weighted by molar-refractivity contribution is 7.98. The highest BCUT2D eigenvalue weighted by atomic mass is 35.5. The van der Waals surface area contributed by atoms with Crippen LogP contribution in [0.25, 0.3) is 22.7 Å². The molecule has 0 N–H and O–H groups in total. The van der Waals surface area contributed by atoms with Gasteiger partial charge in [-0.25, -0.2) is 4.98 Å². The predicted octanol–water partition coefficient (Wildman–Crippen LogP) is 4.48. The lowest BCUT2D eigenvalue weighted by Gasteiger charge is -2.02. The molecule has 0 saturated heterocycles. The average Bonchev–Trinajstić information content (AvgIpc) is 3.28. The second-order valence-corrected chi connectivity index (χ2v) is 6.90. The van der Waals surface area contributed by atoms with Gasteiger partial charge in [0.25, 0.3) is 0 Å². The van der Waals surface area contributed by atoms with Crippen molar-refractivity contribution in [1.82, 2.24) is 24.7 Å². The van der Waals surface area contributed by atoms with E-state index < -0.39 is 0 Å². The van der Waals surface area contributed by atoms with Crippen molar-refractivity contribution in [1.29, 1.82) is 0 Å². The summed E-state index contributed by atoms with van der Waals surface area (Å²) in [6.45, 7) is 0. The lowest BCUT2D eigenvalue weighted by molar-refractivity contribution is 0.529. The summed E-state index contributed by atoms with van der Waals surface area (Å²) in [5.74, 6) is 2.64. The van der Waals surface area contributed by atoms with Crippen LogP contribution in [0.2, 0.25) is 5.02 Å². The van der Waals surface area contributed by atoms with E-state index in [1.54, 1.807) is 18.6 Å². The van der Waals surface area contributed by atoms with Crippen LogP contribution in [-0.2, 0) is 12.8 Å². The summed E-state index contributed by atoms with van der Waals surface area (Å²) in [5.41, 5.74) is 1.83. The topological polar surface area (TPSA) is 69.6 Å². The van der Waals surface area contributed by atoms with Crippen LogP contribution in [0.15, 0.2) is 64.6 Å². The average molecular weight is 384 g/mol. The Morgan fingerprint density at radius 2 is 2.00 bits per heavy atom. The van der Waals surface area contributed by atoms with E-state index in [9.17, 15) is 0 Å². The molecule has 4 rings (SSSR count). The number of thioether (sulfide) groups is 1. The van der Waals surface area contributed by atoms with Crippen LogP contribution in [0.3, 0.4) is 0 Å². The molecule has 0 unspecified atom stereocenters. The van der Waals surface area contributed by atoms with E-state index in [2.05, 4.69) is 20.2 Å². The molecular formula is C18H14ClN5OS. The van der Waals surface area contributed by atoms with Crippen LogP contribution in [0.1, 0.15) is 5.89 Å². The quantitative estimate of drug-likeness (QED) is 0.473. The van der Waals surface area contributed by atoms with Gasteiger partial charge in [0, 0.05) is 35.6 Å². The van der Waals surface area contributed by atoms with E-state index in [0.717, 1.165) is 22.1 Å². The van der Waals surface area contributed by atoms with Crippen LogP contribution < -0.4 is 0 Å². The first-order valence-electron chi connectivity index (χ1n) is 7.84. The van der Waals surface area contributed by atoms with Crippen LogP contribution >= 0.6 is 23.4 Å². The monoisotopic (exact) mass is 383 g/mol. The van der Waals surface area contributed by atoms with Gasteiger partial charge in [0.05, 0.1) is 11.9 Å². The molecule has 0 amide bonds. The Morgan fingerprint density at radius 1 is 1.12 bits per heavy atom. The van der Waals surface area contributed by atoms with Crippen molar-refractivity contribution in [2.24, 2.45) is 7.05 Å². The first-order valence-corrected chi connectivity index (χ1v) is 9.20. The molecule has 6 nitrogen and oxygen atoms in total. The summed E-state index contributed by atoms with van der Waals surface area (Å²) in [6.07, 6.45) is 5.21. The number of hydrogen-bond acceptors (Lipinski definition) is 6. The van der Waals surface area contributed by atoms with Gasteiger partial charge in [0.1, 0.15) is 0 Å². The van der Waals surface area contributed by atoms with E-state index in [-0.39, 0.29) is 0 Å². The summed E-state index contributed by atoms with van der Waals surface area (Å²) in [4.78, 5) is 8.45. The Kier molecular flexibility index (Phi) is 4.73. The van der Waals surface area contributed by atoms with E-state index in [4.69, 9.17) is 16.0 Å². The number of oxazole rings is 1. The van der Waals surface area contributed by atoms with Crippen molar-refractivity contribution in [2.75, 3.05) is 0 Å². The molecule has 0 atom stereocenters. The van der Waals surface area contributed by atoms with Crippen molar-refractivity contribution in [2.45, 2.75) is 10.9 Å². The highest BCUT2D eigenvalue weighted by Crippen LogP contribution is 2.27. The molecule has 0 aliphatic heterocycles. The van der Waals surface area contributed by atoms with Crippen molar-refractivity contribution in [3.8, 4) is 22.7 Å². The van der Waals surface area contributed by atoms with Gasteiger partial charge in [-0.1, -0.05) is 35.5 Å². The maximum atomic E-state index is 6.02. The number of hydrogen-bond donors (Lipinski definition) is 0. The number of halogens is 1. The second-order valence-electron chi connectivity index (χ2n) is 5.52. The summed E-state index contributed by atoms with van der Waals surface area (Å²) in [6, 6.07) is 11.3. The zero-order chi connectivity index (χ0) is 17.9. The highest BCUT2D eigenvalue weighted by Gasteiger charge is 2.13. The number of rotatable bonds is 5. The van der Waals surface area contributed by atoms with Gasteiger partial charge in [0.15, 0.2) is 16.7 Å². The molecule has 0 fully saturated rings. The number of benzene rings is 1. The number of pyridine rings is 1. The largest absolute Gasteiger partial charge is 0.440 e. The molecule has 130 valence electrons. The minimum absolute atomic E-state index is 0.555. The van der Waals surface area contributed by atoms with Crippen LogP contribution in [-0.4, -0.2) is 24.7 Å². The number of aromatic nitrogens is 5. The summed E-state index contributed by atoms with van der Waals surface area (Å²) >= 11 is 7.54. The molecule has 0 aliphatic rings. The molecule has 0 bridgehead atoms. The number of nitrogens with zero attached hydrogens (tertiary/aromatic N) is 5. The molecule has 0 aliphatic carbocycles. The molecular weight excluding hydrogens is 370 g/mol. The van der Waals surface area contributed by atoms with Crippen LogP contribution in [0.5, 0.6) is 0 Å². The molecule has 0 saturated carbocycles. The summed E-state index contributed by atoms with van der Waals surface area (Å²) < 4.78 is 7.75. The standard InChI is InChI=1S/C18H14ClN5OS/c1-24-17(13-5-3-7-20-9-13)22-23-18(24)26-11-16-21-10-15(25-16)12-4-2-6-14(19)8-12/h2-10H,11H2,1H3. The van der Waals surface area contributed by atoms with Gasteiger partial charge in [-0.2, -0.15) is 0 Å². The third-order valence-corrected chi connectivity index (χ3v) is 4.98. The zero-order valence-corrected chi connectivity index (χ0v) is 15.4. The Hall–Kier alpha value is -2.64. The van der Waals surface area contributed by atoms with Gasteiger partial charge in [-0.15, -0.1) is 10.2 Å². The van der Waals surface area contributed by atoms with Crippen molar-refractivity contribution in [3.63, 3.8) is 0 Å². The van der Waals surface area contributed by atoms with Gasteiger partial charge >= 0.3 is 0 Å². The fourth-order valence-electron chi connectivity index (χ4n) is 2.47. The van der Waals surface area contributed by atoms with E-state index >= 15 is 0 Å². The zero-order valence-electron chi connectivity index (χ0n) is 13.8. The molecule has 3 aromatic heterocycles. The Bertz CT molecular complexity index is 1030. The fourth-order valence-corrected chi connectivity index (χ4v) is 3.42. The smallest absolute Gasteiger partial charge is 0.205 e. The third kappa shape index (κ3) is 3.49. The Labute approximate surface area is 159 Å². The lowest BCUT2D eigenvalue weighted by Crippen LogP contribution is -1.95. The summed E-state index contributed by atoms with van der Waals surface area (Å²) in [5, 5.41) is 9.94. The van der Waals surface area contributed by atoms with Gasteiger partial charge in [-0.3, -0.25) is 4.98 Å². The molecule has 1 aromatic carbocycles. The molecule has 4 aromatic rings. The van der Waals surface area contributed by atoms with E-state index in [0.29, 0.717) is 22.4 Å². The van der Waals surface area contributed by atoms with Gasteiger partial charge in [0.2, 0.25) is 5.89 Å². The van der Waals surface area contributed by atoms with E-state index in [1.165, 1.54) is 11.8 Å². The minimum atomic E-state index is 0.555. The van der Waals surface area contributed by atoms with E-state index in [1.807, 2.05) is 48.0 Å². The molecule has 3 heterocycles. The molecule has 0 radical (unpaired) electrons. The fraction of sp³-hybridized carbons (Fsp3) is 0.111. The van der Waals surface area contributed by atoms with Crippen molar-refractivity contribution >= 4 is 23.4 Å². The maximum Gasteiger partial charge on any atom is 0.205 e. The first-order chi connectivity index (χ1) is 12.7. The predicted molar refractivity (Wildman–Crippen MR) is 101 cm³/mol. The second kappa shape index (κ2) is 7.31. The minimum Gasteiger partial charge on any atom is -0.440 e. The Morgan fingerprint density at radius 3 is 2.81 bits per heavy atom. The summed E-state index contributed by atoms with van der Waals surface area (Å²) in [7, 11) is 1.93. The Balaban J connectivity index is 1.48. The first kappa shape index (κ1) is 16.8. The maximum absolute atomic E-state index is 6.02. The van der Waals surface area contributed by atoms with Gasteiger partial charge in [-0.05, 0) is 24.3 Å². The molecule has 8 heteroatoms. The molecule has 26 heavy (non-hydrogen) atoms. The van der Waals surface area contributed by atoms with Crippen molar-refractivity contribution < 1.29 is 4.42 Å². The van der Waals surface area contributed by atoms with Crippen molar-refractivity contribution in [3.05, 3.63) is 65.9 Å². The third-order valence-electron chi connectivity index (χ3n) is 3.74.